The van der Waals surface area contributed by atoms with Crippen LogP contribution in [0.1, 0.15) is 57.7 Å². The smallest absolute Gasteiger partial charge is 0.228 e. The number of methoxy groups -OCH3 is 1. The average molecular weight is 382 g/mol. The lowest BCUT2D eigenvalue weighted by molar-refractivity contribution is 0.00991. The molecule has 0 spiro atoms. The van der Waals surface area contributed by atoms with E-state index in [-0.39, 0.29) is 5.92 Å². The predicted octanol–water partition coefficient (Wildman–Crippen LogP) is 2.22. The van der Waals surface area contributed by atoms with Gasteiger partial charge in [0.2, 0.25) is 5.89 Å². The summed E-state index contributed by atoms with van der Waals surface area (Å²) in [4.78, 5) is 11.5. The highest BCUT2D eigenvalue weighted by atomic mass is 16.5. The lowest BCUT2D eigenvalue weighted by Gasteiger charge is -2.34. The van der Waals surface area contributed by atoms with Gasteiger partial charge in [0.05, 0.1) is 12.6 Å². The molecule has 27 heavy (non-hydrogen) atoms. The van der Waals surface area contributed by atoms with Gasteiger partial charge in [0.1, 0.15) is 0 Å². The summed E-state index contributed by atoms with van der Waals surface area (Å²) in [6.07, 6.45) is 4.01. The first-order chi connectivity index (χ1) is 13.1. The molecule has 0 aromatic carbocycles. The Kier molecular flexibility index (Phi) is 9.55. The summed E-state index contributed by atoms with van der Waals surface area (Å²) in [5, 5.41) is 7.39. The van der Waals surface area contributed by atoms with Crippen molar-refractivity contribution in [3.63, 3.8) is 0 Å². The van der Waals surface area contributed by atoms with Crippen molar-refractivity contribution in [3.05, 3.63) is 11.7 Å². The van der Waals surface area contributed by atoms with Crippen LogP contribution >= 0.6 is 0 Å². The lowest BCUT2D eigenvalue weighted by Crippen LogP contribution is -2.47. The molecule has 154 valence electrons. The molecule has 0 radical (unpaired) electrons. The van der Waals surface area contributed by atoms with E-state index in [1.54, 1.807) is 7.11 Å². The maximum atomic E-state index is 5.94. The molecule has 2 heterocycles. The van der Waals surface area contributed by atoms with Crippen LogP contribution in [0.15, 0.2) is 9.52 Å². The monoisotopic (exact) mass is 381 g/mol. The van der Waals surface area contributed by atoms with E-state index in [1.165, 1.54) is 0 Å². The van der Waals surface area contributed by atoms with E-state index in [2.05, 4.69) is 41.1 Å². The van der Waals surface area contributed by atoms with Crippen molar-refractivity contribution >= 4 is 5.96 Å². The van der Waals surface area contributed by atoms with E-state index in [0.717, 1.165) is 63.9 Å². The minimum absolute atomic E-state index is 0.279. The fourth-order valence-electron chi connectivity index (χ4n) is 2.97. The Bertz CT molecular complexity index is 553. The van der Waals surface area contributed by atoms with E-state index < -0.39 is 0 Å². The van der Waals surface area contributed by atoms with Crippen molar-refractivity contribution in [2.24, 2.45) is 4.99 Å². The molecule has 1 aromatic rings. The molecular weight excluding hydrogens is 346 g/mol. The van der Waals surface area contributed by atoms with Gasteiger partial charge in [0.25, 0.3) is 0 Å². The third-order valence-corrected chi connectivity index (χ3v) is 4.51. The van der Waals surface area contributed by atoms with Gasteiger partial charge in [-0.3, -0.25) is 4.99 Å². The maximum Gasteiger partial charge on any atom is 0.228 e. The molecule has 0 bridgehead atoms. The third-order valence-electron chi connectivity index (χ3n) is 4.51. The minimum atomic E-state index is 0.279. The first-order valence-corrected chi connectivity index (χ1v) is 10.1. The first kappa shape index (κ1) is 21.6. The van der Waals surface area contributed by atoms with Crippen LogP contribution in [0.3, 0.4) is 0 Å². The summed E-state index contributed by atoms with van der Waals surface area (Å²) in [5.74, 6) is 2.65. The molecular formula is C19H35N5O3. The third kappa shape index (κ3) is 7.46. The Morgan fingerprint density at radius 1 is 1.33 bits per heavy atom. The largest absolute Gasteiger partial charge is 0.385 e. The molecule has 0 unspecified atom stereocenters. The Balaban J connectivity index is 1.77. The van der Waals surface area contributed by atoms with E-state index in [1.807, 2.05) is 0 Å². The second kappa shape index (κ2) is 11.9. The molecule has 0 saturated carbocycles. The van der Waals surface area contributed by atoms with E-state index in [9.17, 15) is 0 Å². The molecule has 0 atom stereocenters. The average Bonchev–Trinajstić information content (AvgIpc) is 3.14. The summed E-state index contributed by atoms with van der Waals surface area (Å²) >= 11 is 0. The Labute approximate surface area is 162 Å². The van der Waals surface area contributed by atoms with Gasteiger partial charge in [0, 0.05) is 52.3 Å². The van der Waals surface area contributed by atoms with E-state index >= 15 is 0 Å². The standard InChI is InChI=1S/C19H35N5O3/c1-5-20-19(21-10-7-17-22-18(15(2)3)23-27-17)24-11-8-16(9-12-24)26-14-6-13-25-4/h15-16H,5-14H2,1-4H3,(H,20,21). The van der Waals surface area contributed by atoms with Gasteiger partial charge in [-0.15, -0.1) is 0 Å². The summed E-state index contributed by atoms with van der Waals surface area (Å²) in [6, 6.07) is 0. The molecule has 8 heteroatoms. The summed E-state index contributed by atoms with van der Waals surface area (Å²) in [7, 11) is 1.72. The van der Waals surface area contributed by atoms with Crippen LogP contribution in [0.5, 0.6) is 0 Å². The van der Waals surface area contributed by atoms with Crippen molar-refractivity contribution in [1.82, 2.24) is 20.4 Å². The molecule has 0 amide bonds. The highest BCUT2D eigenvalue weighted by Crippen LogP contribution is 2.14. The zero-order valence-corrected chi connectivity index (χ0v) is 17.2. The van der Waals surface area contributed by atoms with Gasteiger partial charge >= 0.3 is 0 Å². The molecule has 1 N–H and O–H groups in total. The number of hydrogen-bond acceptors (Lipinski definition) is 6. The van der Waals surface area contributed by atoms with Gasteiger partial charge < -0.3 is 24.2 Å². The highest BCUT2D eigenvalue weighted by molar-refractivity contribution is 5.80. The summed E-state index contributed by atoms with van der Waals surface area (Å²) in [6.45, 7) is 11.1. The van der Waals surface area contributed by atoms with Crippen LogP contribution in [0.4, 0.5) is 0 Å². The van der Waals surface area contributed by atoms with Crippen molar-refractivity contribution in [2.75, 3.05) is 46.5 Å². The number of aliphatic imine (C=N–C) groups is 1. The fraction of sp³-hybridized carbons (Fsp3) is 0.842. The number of piperidine rings is 1. The van der Waals surface area contributed by atoms with Crippen molar-refractivity contribution < 1.29 is 14.0 Å². The van der Waals surface area contributed by atoms with Crippen LogP contribution in [-0.2, 0) is 15.9 Å². The van der Waals surface area contributed by atoms with Gasteiger partial charge in [-0.1, -0.05) is 19.0 Å². The number of guanidine groups is 1. The molecule has 1 saturated heterocycles. The number of nitrogens with one attached hydrogen (secondary N) is 1. The zero-order valence-electron chi connectivity index (χ0n) is 17.2. The molecule has 1 aromatic heterocycles. The van der Waals surface area contributed by atoms with Gasteiger partial charge in [-0.25, -0.2) is 0 Å². The van der Waals surface area contributed by atoms with Crippen LogP contribution in [0.2, 0.25) is 0 Å². The van der Waals surface area contributed by atoms with Crippen LogP contribution in [0.25, 0.3) is 0 Å². The van der Waals surface area contributed by atoms with Crippen molar-refractivity contribution in [3.8, 4) is 0 Å². The van der Waals surface area contributed by atoms with Crippen molar-refractivity contribution in [2.45, 2.75) is 58.5 Å². The fourth-order valence-corrected chi connectivity index (χ4v) is 2.97. The molecule has 1 aliphatic heterocycles. The Hall–Kier alpha value is -1.67. The number of rotatable bonds is 10. The van der Waals surface area contributed by atoms with Crippen molar-refractivity contribution in [1.29, 1.82) is 0 Å². The number of hydrogen-bond donors (Lipinski definition) is 1. The van der Waals surface area contributed by atoms with E-state index in [4.69, 9.17) is 19.0 Å². The van der Waals surface area contributed by atoms with Crippen LogP contribution in [0, 0.1) is 0 Å². The zero-order chi connectivity index (χ0) is 19.5. The van der Waals surface area contributed by atoms with Crippen LogP contribution < -0.4 is 5.32 Å². The number of aromatic nitrogens is 2. The normalized spacial score (nSPS) is 16.3. The molecule has 0 aliphatic carbocycles. The van der Waals surface area contributed by atoms with Gasteiger partial charge in [-0.05, 0) is 26.2 Å². The lowest BCUT2D eigenvalue weighted by atomic mass is 10.1. The van der Waals surface area contributed by atoms with Crippen LogP contribution in [-0.4, -0.2) is 73.6 Å². The number of ether oxygens (including phenoxy) is 2. The first-order valence-electron chi connectivity index (χ1n) is 10.1. The topological polar surface area (TPSA) is 85.0 Å². The summed E-state index contributed by atoms with van der Waals surface area (Å²) in [5.41, 5.74) is 0. The Morgan fingerprint density at radius 2 is 2.11 bits per heavy atom. The Morgan fingerprint density at radius 3 is 2.74 bits per heavy atom. The van der Waals surface area contributed by atoms with E-state index in [0.29, 0.717) is 25.0 Å². The molecule has 8 nitrogen and oxygen atoms in total. The molecule has 1 fully saturated rings. The second-order valence-corrected chi connectivity index (χ2v) is 7.09. The maximum absolute atomic E-state index is 5.94. The second-order valence-electron chi connectivity index (χ2n) is 7.09. The minimum Gasteiger partial charge on any atom is -0.385 e. The van der Waals surface area contributed by atoms with Gasteiger partial charge in [-0.2, -0.15) is 4.98 Å². The number of likely N-dealkylation sites (tertiary alicyclic amines) is 1. The molecule has 2 rings (SSSR count). The predicted molar refractivity (Wildman–Crippen MR) is 105 cm³/mol. The van der Waals surface area contributed by atoms with Gasteiger partial charge in [0.15, 0.2) is 11.8 Å². The number of nitrogens with zero attached hydrogens (tertiary/aromatic N) is 4. The molecule has 1 aliphatic rings. The summed E-state index contributed by atoms with van der Waals surface area (Å²) < 4.78 is 16.3. The highest BCUT2D eigenvalue weighted by Gasteiger charge is 2.21. The SMILES string of the molecule is CCNC(=NCCc1nc(C(C)C)no1)N1CCC(OCCCOC)CC1. The quantitative estimate of drug-likeness (QED) is 0.378.